The van der Waals surface area contributed by atoms with E-state index >= 15 is 0 Å². The van der Waals surface area contributed by atoms with Crippen molar-refractivity contribution in [1.29, 1.82) is 0 Å². The first-order valence-corrected chi connectivity index (χ1v) is 18.3. The number of nitrogens with zero attached hydrogens (tertiary/aromatic N) is 4. The van der Waals surface area contributed by atoms with Crippen molar-refractivity contribution in [3.05, 3.63) is 107 Å². The summed E-state index contributed by atoms with van der Waals surface area (Å²) in [5.74, 6) is 3.21. The number of rotatable bonds is 15. The third-order valence-electron chi connectivity index (χ3n) is 10.1. The van der Waals surface area contributed by atoms with E-state index in [1.807, 2.05) is 74.2 Å². The second kappa shape index (κ2) is 17.9. The Hall–Kier alpha value is -6.56. The van der Waals surface area contributed by atoms with Crippen molar-refractivity contribution in [2.75, 3.05) is 48.7 Å². The molecule has 4 aromatic carbocycles. The molecule has 3 aliphatic rings. The molecule has 0 bridgehead atoms. The molecule has 4 aromatic rings. The Morgan fingerprint density at radius 1 is 0.754 bits per heavy atom. The molecule has 0 radical (unpaired) electrons. The van der Waals surface area contributed by atoms with Crippen molar-refractivity contribution in [3.8, 4) is 34.5 Å². The Kier molecular flexibility index (Phi) is 12.6. The fraction of sp³-hybridized carbons (Fsp3) is 0.289. The number of ether oxygens (including phenoxy) is 6. The number of hydrogen-bond donors (Lipinski definition) is 0. The van der Waals surface area contributed by atoms with Crippen LogP contribution in [0.15, 0.2) is 95.2 Å². The fourth-order valence-electron chi connectivity index (χ4n) is 6.93. The molecule has 2 atom stereocenters. The summed E-state index contributed by atoms with van der Waals surface area (Å²) < 4.78 is 34.0. The largest absolute Gasteiger partial charge is 0.497 e. The van der Waals surface area contributed by atoms with Gasteiger partial charge in [-0.1, -0.05) is 31.7 Å². The zero-order valence-electron chi connectivity index (χ0n) is 32.1. The topological polar surface area (TPSA) is 121 Å². The number of carbonyl (C=O) groups is 2. The molecule has 2 unspecified atom stereocenters. The highest BCUT2D eigenvalue weighted by Crippen LogP contribution is 2.40. The van der Waals surface area contributed by atoms with Crippen molar-refractivity contribution in [2.45, 2.75) is 38.8 Å². The van der Waals surface area contributed by atoms with Crippen LogP contribution in [0.3, 0.4) is 0 Å². The molecule has 12 heteroatoms. The minimum Gasteiger partial charge on any atom is -0.497 e. The van der Waals surface area contributed by atoms with Crippen LogP contribution in [0.5, 0.6) is 34.5 Å². The van der Waals surface area contributed by atoms with E-state index in [9.17, 15) is 9.59 Å². The Morgan fingerprint density at radius 3 is 1.95 bits per heavy atom. The van der Waals surface area contributed by atoms with Gasteiger partial charge in [-0.2, -0.15) is 0 Å². The maximum absolute atomic E-state index is 13.8. The molecular formula is C45H48N4O8. The van der Waals surface area contributed by atoms with Gasteiger partial charge in [0.25, 0.3) is 5.91 Å². The third kappa shape index (κ3) is 8.65. The number of benzene rings is 4. The Morgan fingerprint density at radius 2 is 1.35 bits per heavy atom. The summed E-state index contributed by atoms with van der Waals surface area (Å²) in [5.41, 5.74) is 6.20. The average molecular weight is 773 g/mol. The molecule has 3 aliphatic heterocycles. The van der Waals surface area contributed by atoms with E-state index in [1.54, 1.807) is 50.5 Å². The maximum Gasteiger partial charge on any atom is 0.260 e. The Balaban J connectivity index is 0.00000549. The molecule has 0 spiro atoms. The predicted molar refractivity (Wildman–Crippen MR) is 223 cm³/mol. The average Bonchev–Trinajstić information content (AvgIpc) is 3.81. The summed E-state index contributed by atoms with van der Waals surface area (Å²) in [7, 11) is 8.36. The van der Waals surface area contributed by atoms with E-state index in [-0.39, 0.29) is 25.4 Å². The van der Waals surface area contributed by atoms with E-state index in [2.05, 4.69) is 11.1 Å². The first-order chi connectivity index (χ1) is 27.3. The first kappa shape index (κ1) is 40.1. The second-order valence-electron chi connectivity index (χ2n) is 13.5. The molecule has 12 nitrogen and oxygen atoms in total. The quantitative estimate of drug-likeness (QED) is 0.0666. The van der Waals surface area contributed by atoms with Gasteiger partial charge in [0.1, 0.15) is 11.5 Å². The minimum absolute atomic E-state index is 0. The van der Waals surface area contributed by atoms with Crippen LogP contribution >= 0.6 is 0 Å². The van der Waals surface area contributed by atoms with Gasteiger partial charge in [-0.15, -0.1) is 0 Å². The lowest BCUT2D eigenvalue weighted by Crippen LogP contribution is -2.32. The lowest BCUT2D eigenvalue weighted by atomic mass is 10.0. The van der Waals surface area contributed by atoms with Crippen LogP contribution in [0.2, 0.25) is 0 Å². The van der Waals surface area contributed by atoms with Gasteiger partial charge in [0.2, 0.25) is 0 Å². The summed E-state index contributed by atoms with van der Waals surface area (Å²) in [4.78, 5) is 39.1. The van der Waals surface area contributed by atoms with E-state index in [1.165, 1.54) is 12.7 Å². The van der Waals surface area contributed by atoms with Gasteiger partial charge in [-0.25, -0.2) is 0 Å². The number of methoxy groups -OCH3 is 4. The molecule has 0 fully saturated rings. The molecule has 7 rings (SSSR count). The van der Waals surface area contributed by atoms with Crippen molar-refractivity contribution in [3.63, 3.8) is 0 Å². The standard InChI is InChI=1S/C44H44N4O8.CH4/c1-47-25-30(28-7-11-35(51-2)12-8-28)17-33(47)23-45-38-21-42(40(53-4)19-32(38)27-49)55-15-6-16-56-43-22-39-37(20-41(43)54-5)44(50)48-26-31(18-34(48)24-46-39)29-9-13-36(52-3)14-10-29;/h7-14,19-27,33-34H,6,15-18H2,1-5H3;1H4. The van der Waals surface area contributed by atoms with Gasteiger partial charge in [0.15, 0.2) is 29.3 Å². The molecule has 0 aliphatic carbocycles. The van der Waals surface area contributed by atoms with E-state index in [0.717, 1.165) is 40.9 Å². The highest BCUT2D eigenvalue weighted by molar-refractivity contribution is 6.05. The molecule has 3 heterocycles. The number of aliphatic imine (C=N–C) groups is 2. The van der Waals surface area contributed by atoms with Gasteiger partial charge < -0.3 is 38.2 Å². The number of carbonyl (C=O) groups excluding carboxylic acids is 2. The minimum atomic E-state index is -0.206. The van der Waals surface area contributed by atoms with Crippen LogP contribution in [-0.2, 0) is 0 Å². The van der Waals surface area contributed by atoms with E-state index in [4.69, 9.17) is 38.4 Å². The van der Waals surface area contributed by atoms with Crippen LogP contribution in [-0.4, -0.2) is 95.2 Å². The number of hydrogen-bond acceptors (Lipinski definition) is 11. The predicted octanol–water partition coefficient (Wildman–Crippen LogP) is 8.44. The van der Waals surface area contributed by atoms with Gasteiger partial charge in [0, 0.05) is 62.4 Å². The number of amides is 1. The van der Waals surface area contributed by atoms with Gasteiger partial charge in [0.05, 0.1) is 70.7 Å². The number of fused-ring (bicyclic) bond motifs is 2. The smallest absolute Gasteiger partial charge is 0.260 e. The summed E-state index contributed by atoms with van der Waals surface area (Å²) in [6, 6.07) is 22.4. The van der Waals surface area contributed by atoms with Gasteiger partial charge in [-0.3, -0.25) is 19.6 Å². The monoisotopic (exact) mass is 772 g/mol. The van der Waals surface area contributed by atoms with Crippen LogP contribution in [0.4, 0.5) is 11.4 Å². The van der Waals surface area contributed by atoms with Crippen LogP contribution < -0.4 is 28.4 Å². The summed E-state index contributed by atoms with van der Waals surface area (Å²) in [6.07, 6.45) is 10.4. The third-order valence-corrected chi connectivity index (χ3v) is 10.1. The van der Waals surface area contributed by atoms with Crippen molar-refractivity contribution in [2.24, 2.45) is 9.98 Å². The zero-order chi connectivity index (χ0) is 39.2. The Bertz CT molecular complexity index is 2210. The van der Waals surface area contributed by atoms with Crippen LogP contribution in [0, 0.1) is 0 Å². The van der Waals surface area contributed by atoms with Crippen molar-refractivity contribution < 1.29 is 38.0 Å². The normalized spacial score (nSPS) is 16.9. The second-order valence-corrected chi connectivity index (χ2v) is 13.5. The number of aldehydes is 1. The van der Waals surface area contributed by atoms with Crippen molar-refractivity contribution >= 4 is 47.1 Å². The van der Waals surface area contributed by atoms with Crippen LogP contribution in [0.1, 0.15) is 58.5 Å². The fourth-order valence-corrected chi connectivity index (χ4v) is 6.93. The summed E-state index contributed by atoms with van der Waals surface area (Å²) >= 11 is 0. The highest BCUT2D eigenvalue weighted by atomic mass is 16.5. The molecule has 0 saturated heterocycles. The van der Waals surface area contributed by atoms with Crippen LogP contribution in [0.25, 0.3) is 11.1 Å². The van der Waals surface area contributed by atoms with Gasteiger partial charge in [-0.05, 0) is 65.1 Å². The maximum atomic E-state index is 13.8. The molecule has 0 N–H and O–H groups in total. The molecular weight excluding hydrogens is 725 g/mol. The lowest BCUT2D eigenvalue weighted by molar-refractivity contribution is 0.0817. The van der Waals surface area contributed by atoms with Crippen molar-refractivity contribution in [1.82, 2.24) is 9.80 Å². The molecule has 296 valence electrons. The highest BCUT2D eigenvalue weighted by Gasteiger charge is 2.33. The molecule has 0 aromatic heterocycles. The Labute approximate surface area is 333 Å². The van der Waals surface area contributed by atoms with E-state index < -0.39 is 0 Å². The van der Waals surface area contributed by atoms with Gasteiger partial charge >= 0.3 is 0 Å². The SMILES string of the molecule is C.COc1ccc(C2=CN(C)C(C=Nc3cc(OCCCOc4cc5c(cc4OC)C(=O)N4C=C(c6ccc(OC)cc6)CC4C=N5)c(OC)cc3C=O)C2)cc1. The molecule has 1 amide bonds. The molecule has 57 heavy (non-hydrogen) atoms. The zero-order valence-corrected chi connectivity index (χ0v) is 32.1. The molecule has 0 saturated carbocycles. The van der Waals surface area contributed by atoms with E-state index in [0.29, 0.717) is 71.6 Å². The first-order valence-electron chi connectivity index (χ1n) is 18.3. The summed E-state index contributed by atoms with van der Waals surface area (Å²) in [5, 5.41) is 0. The summed E-state index contributed by atoms with van der Waals surface area (Å²) in [6.45, 7) is 0.594. The lowest BCUT2D eigenvalue weighted by Gasteiger charge is -2.19.